The lowest BCUT2D eigenvalue weighted by Crippen LogP contribution is -2.29. The Morgan fingerprint density at radius 1 is 1.29 bits per heavy atom. The molecule has 0 radical (unpaired) electrons. The zero-order valence-corrected chi connectivity index (χ0v) is 14.6. The second-order valence-corrected chi connectivity index (χ2v) is 8.12. The molecule has 0 aromatic heterocycles. The van der Waals surface area contributed by atoms with Gasteiger partial charge in [0.05, 0.1) is 13.0 Å². The molecule has 7 heteroatoms. The Kier molecular flexibility index (Phi) is 5.08. The quantitative estimate of drug-likeness (QED) is 0.781. The van der Waals surface area contributed by atoms with Crippen LogP contribution in [-0.4, -0.2) is 32.9 Å². The summed E-state index contributed by atoms with van der Waals surface area (Å²) in [6, 6.07) is 3.06. The van der Waals surface area contributed by atoms with Crippen molar-refractivity contribution in [1.82, 2.24) is 4.31 Å². The molecule has 2 unspecified atom stereocenters. The first kappa shape index (κ1) is 16.9. The number of halogens is 2. The van der Waals surface area contributed by atoms with Crippen LogP contribution < -0.4 is 4.74 Å². The molecule has 0 amide bonds. The second kappa shape index (κ2) is 6.32. The first-order chi connectivity index (χ1) is 9.81. The van der Waals surface area contributed by atoms with Crippen LogP contribution in [0.5, 0.6) is 5.75 Å². The summed E-state index contributed by atoms with van der Waals surface area (Å²) in [5, 5.41) is 0.338. The maximum atomic E-state index is 12.9. The summed E-state index contributed by atoms with van der Waals surface area (Å²) in [6.45, 7) is 5.13. The van der Waals surface area contributed by atoms with Crippen LogP contribution in [0.25, 0.3) is 0 Å². The van der Waals surface area contributed by atoms with E-state index < -0.39 is 10.0 Å². The highest BCUT2D eigenvalue weighted by molar-refractivity contribution is 7.89. The van der Waals surface area contributed by atoms with Crippen molar-refractivity contribution in [2.45, 2.75) is 24.6 Å². The van der Waals surface area contributed by atoms with Crippen molar-refractivity contribution in [3.63, 3.8) is 0 Å². The van der Waals surface area contributed by atoms with Gasteiger partial charge in [0, 0.05) is 23.7 Å². The summed E-state index contributed by atoms with van der Waals surface area (Å²) >= 11 is 11.9. The lowest BCUT2D eigenvalue weighted by atomic mass is 10.0. The largest absolute Gasteiger partial charge is 0.495 e. The highest BCUT2D eigenvalue weighted by Gasteiger charge is 2.37. The molecule has 4 nitrogen and oxygen atoms in total. The lowest BCUT2D eigenvalue weighted by molar-refractivity contribution is 0.394. The lowest BCUT2D eigenvalue weighted by Gasteiger charge is -2.19. The van der Waals surface area contributed by atoms with Crippen molar-refractivity contribution >= 4 is 33.2 Å². The Hall–Kier alpha value is -0.490. The fourth-order valence-electron chi connectivity index (χ4n) is 2.56. The van der Waals surface area contributed by atoms with Gasteiger partial charge in [-0.2, -0.15) is 4.31 Å². The van der Waals surface area contributed by atoms with Gasteiger partial charge in [0.2, 0.25) is 10.0 Å². The molecular formula is C14H19Cl2NO3S. The molecule has 1 heterocycles. The zero-order chi connectivity index (χ0) is 15.8. The Balaban J connectivity index is 2.52. The molecule has 118 valence electrons. The molecule has 1 aliphatic heterocycles. The van der Waals surface area contributed by atoms with Gasteiger partial charge in [-0.25, -0.2) is 8.42 Å². The van der Waals surface area contributed by atoms with Gasteiger partial charge >= 0.3 is 0 Å². The Bertz CT molecular complexity index is 623. The number of hydrogen-bond donors (Lipinski definition) is 0. The standard InChI is InChI=1S/C14H19Cl2NO3S/c1-9-7-17(8-10(9)2)21(18,19)13-5-12(16)4-11(6-15)14(13)20-3/h4-5,9-10H,6-8H2,1-3H3. The van der Waals surface area contributed by atoms with Crippen LogP contribution in [0.2, 0.25) is 5.02 Å². The van der Waals surface area contributed by atoms with Gasteiger partial charge in [-0.3, -0.25) is 0 Å². The molecule has 2 rings (SSSR count). The van der Waals surface area contributed by atoms with Crippen molar-refractivity contribution < 1.29 is 13.2 Å². The second-order valence-electron chi connectivity index (χ2n) is 5.51. The minimum Gasteiger partial charge on any atom is -0.495 e. The minimum atomic E-state index is -3.64. The molecule has 0 aliphatic carbocycles. The number of methoxy groups -OCH3 is 1. The van der Waals surface area contributed by atoms with Crippen LogP contribution in [0.1, 0.15) is 19.4 Å². The van der Waals surface area contributed by atoms with Gasteiger partial charge < -0.3 is 4.74 Å². The van der Waals surface area contributed by atoms with Crippen LogP contribution >= 0.6 is 23.2 Å². The van der Waals surface area contributed by atoms with E-state index in [1.807, 2.05) is 0 Å². The predicted octanol–water partition coefficient (Wildman–Crippen LogP) is 3.36. The normalized spacial score (nSPS) is 23.5. The van der Waals surface area contributed by atoms with Gasteiger partial charge in [0.15, 0.2) is 0 Å². The Morgan fingerprint density at radius 2 is 1.86 bits per heavy atom. The molecule has 1 saturated heterocycles. The first-order valence-electron chi connectivity index (χ1n) is 6.73. The van der Waals surface area contributed by atoms with E-state index in [4.69, 9.17) is 27.9 Å². The van der Waals surface area contributed by atoms with E-state index >= 15 is 0 Å². The van der Waals surface area contributed by atoms with E-state index in [1.165, 1.54) is 17.5 Å². The van der Waals surface area contributed by atoms with E-state index in [9.17, 15) is 8.42 Å². The molecule has 0 N–H and O–H groups in total. The number of ether oxygens (including phenoxy) is 1. The molecular weight excluding hydrogens is 333 g/mol. The fraction of sp³-hybridized carbons (Fsp3) is 0.571. The molecule has 0 saturated carbocycles. The third kappa shape index (κ3) is 3.16. The topological polar surface area (TPSA) is 46.6 Å². The molecule has 1 fully saturated rings. The summed E-state index contributed by atoms with van der Waals surface area (Å²) in [5.41, 5.74) is 0.575. The smallest absolute Gasteiger partial charge is 0.246 e. The van der Waals surface area contributed by atoms with E-state index in [0.29, 0.717) is 35.5 Å². The Labute approximate surface area is 136 Å². The average Bonchev–Trinajstić information content (AvgIpc) is 2.78. The molecule has 0 spiro atoms. The summed E-state index contributed by atoms with van der Waals surface area (Å²) in [6.07, 6.45) is 0. The van der Waals surface area contributed by atoms with Gasteiger partial charge in [-0.15, -0.1) is 11.6 Å². The van der Waals surface area contributed by atoms with E-state index in [-0.39, 0.29) is 16.5 Å². The van der Waals surface area contributed by atoms with E-state index in [0.717, 1.165) is 0 Å². The number of alkyl halides is 1. The zero-order valence-electron chi connectivity index (χ0n) is 12.3. The number of nitrogens with zero attached hydrogens (tertiary/aromatic N) is 1. The summed E-state index contributed by atoms with van der Waals surface area (Å²) in [7, 11) is -2.20. The molecule has 1 aliphatic rings. The maximum Gasteiger partial charge on any atom is 0.246 e. The molecule has 2 atom stereocenters. The monoisotopic (exact) mass is 351 g/mol. The first-order valence-corrected chi connectivity index (χ1v) is 9.09. The van der Waals surface area contributed by atoms with Gasteiger partial charge in [-0.1, -0.05) is 25.4 Å². The van der Waals surface area contributed by atoms with Gasteiger partial charge in [0.1, 0.15) is 10.6 Å². The van der Waals surface area contributed by atoms with Gasteiger partial charge in [-0.05, 0) is 24.0 Å². The van der Waals surface area contributed by atoms with Crippen LogP contribution in [0.15, 0.2) is 17.0 Å². The van der Waals surface area contributed by atoms with E-state index in [2.05, 4.69) is 13.8 Å². The van der Waals surface area contributed by atoms with Crippen LogP contribution in [0.4, 0.5) is 0 Å². The molecule has 1 aromatic carbocycles. The summed E-state index contributed by atoms with van der Waals surface area (Å²) < 4.78 is 32.5. The third-order valence-corrected chi connectivity index (χ3v) is 6.36. The van der Waals surface area contributed by atoms with Crippen LogP contribution in [0.3, 0.4) is 0 Å². The summed E-state index contributed by atoms with van der Waals surface area (Å²) in [4.78, 5) is 0.0921. The number of hydrogen-bond acceptors (Lipinski definition) is 3. The molecule has 1 aromatic rings. The highest BCUT2D eigenvalue weighted by Crippen LogP contribution is 2.36. The maximum absolute atomic E-state index is 12.9. The van der Waals surface area contributed by atoms with Crippen molar-refractivity contribution in [1.29, 1.82) is 0 Å². The molecule has 0 bridgehead atoms. The Morgan fingerprint density at radius 3 is 2.33 bits per heavy atom. The summed E-state index contributed by atoms with van der Waals surface area (Å²) in [5.74, 6) is 1.08. The van der Waals surface area contributed by atoms with Gasteiger partial charge in [0.25, 0.3) is 0 Å². The number of benzene rings is 1. The molecule has 21 heavy (non-hydrogen) atoms. The number of sulfonamides is 1. The highest BCUT2D eigenvalue weighted by atomic mass is 35.5. The number of rotatable bonds is 4. The van der Waals surface area contributed by atoms with Crippen LogP contribution in [0, 0.1) is 11.8 Å². The van der Waals surface area contributed by atoms with Crippen molar-refractivity contribution in [3.8, 4) is 5.75 Å². The fourth-order valence-corrected chi connectivity index (χ4v) is 4.93. The van der Waals surface area contributed by atoms with Crippen molar-refractivity contribution in [2.24, 2.45) is 11.8 Å². The third-order valence-electron chi connectivity index (χ3n) is 4.02. The predicted molar refractivity (Wildman–Crippen MR) is 84.6 cm³/mol. The van der Waals surface area contributed by atoms with Crippen molar-refractivity contribution in [3.05, 3.63) is 22.7 Å². The average molecular weight is 352 g/mol. The SMILES string of the molecule is COc1c(CCl)cc(Cl)cc1S(=O)(=O)N1CC(C)C(C)C1. The van der Waals surface area contributed by atoms with Crippen LogP contribution in [-0.2, 0) is 15.9 Å². The minimum absolute atomic E-state index is 0.0921. The van der Waals surface area contributed by atoms with Crippen molar-refractivity contribution in [2.75, 3.05) is 20.2 Å². The van der Waals surface area contributed by atoms with E-state index in [1.54, 1.807) is 6.07 Å².